The normalized spacial score (nSPS) is 10.9. The number of nitrogens with zero attached hydrogens (tertiary/aromatic N) is 1. The number of rotatable bonds is 3. The molecule has 0 aliphatic rings. The summed E-state index contributed by atoms with van der Waals surface area (Å²) in [5, 5.41) is 8.74. The molecular weight excluding hydrogens is 361 g/mol. The Kier molecular flexibility index (Phi) is 4.16. The van der Waals surface area contributed by atoms with Crippen molar-refractivity contribution in [1.82, 2.24) is 0 Å². The molecular formula is C13H9BrFN3O2S. The van der Waals surface area contributed by atoms with E-state index in [1.54, 1.807) is 6.07 Å². The number of halogens is 2. The molecule has 0 bridgehead atoms. The topological polar surface area (TPSA) is 96.0 Å². The van der Waals surface area contributed by atoms with Gasteiger partial charge >= 0.3 is 0 Å². The van der Waals surface area contributed by atoms with Crippen LogP contribution in [0.3, 0.4) is 0 Å². The predicted octanol–water partition coefficient (Wildman–Crippen LogP) is 2.84. The monoisotopic (exact) mass is 369 g/mol. The Labute approximate surface area is 129 Å². The molecule has 0 aromatic heterocycles. The Morgan fingerprint density at radius 3 is 2.57 bits per heavy atom. The maximum atomic E-state index is 13.2. The minimum absolute atomic E-state index is 0.00796. The van der Waals surface area contributed by atoms with Crippen LogP contribution in [0.4, 0.5) is 15.8 Å². The van der Waals surface area contributed by atoms with Gasteiger partial charge in [0.25, 0.3) is 10.0 Å². The van der Waals surface area contributed by atoms with Crippen LogP contribution in [0.5, 0.6) is 0 Å². The van der Waals surface area contributed by atoms with Crippen LogP contribution in [0.2, 0.25) is 0 Å². The highest BCUT2D eigenvalue weighted by Gasteiger charge is 2.16. The van der Waals surface area contributed by atoms with Gasteiger partial charge < -0.3 is 5.73 Å². The van der Waals surface area contributed by atoms with Crippen LogP contribution in [0.25, 0.3) is 0 Å². The van der Waals surface area contributed by atoms with Crippen molar-refractivity contribution < 1.29 is 12.8 Å². The molecule has 0 saturated heterocycles. The summed E-state index contributed by atoms with van der Waals surface area (Å²) in [4.78, 5) is -0.00796. The average molecular weight is 370 g/mol. The molecule has 21 heavy (non-hydrogen) atoms. The third-order valence-corrected chi connectivity index (χ3v) is 4.69. The minimum Gasteiger partial charge on any atom is -0.398 e. The number of anilines is 2. The van der Waals surface area contributed by atoms with Gasteiger partial charge in [0.1, 0.15) is 11.9 Å². The third kappa shape index (κ3) is 3.32. The lowest BCUT2D eigenvalue weighted by Crippen LogP contribution is -2.13. The van der Waals surface area contributed by atoms with Crippen LogP contribution in [0.1, 0.15) is 5.56 Å². The van der Waals surface area contributed by atoms with E-state index in [0.717, 1.165) is 12.1 Å². The van der Waals surface area contributed by atoms with Crippen molar-refractivity contribution in [2.45, 2.75) is 4.90 Å². The molecule has 0 radical (unpaired) electrons. The average Bonchev–Trinajstić information content (AvgIpc) is 2.43. The van der Waals surface area contributed by atoms with E-state index in [4.69, 9.17) is 11.0 Å². The number of benzene rings is 2. The number of nitrogens with two attached hydrogens (primary N) is 1. The van der Waals surface area contributed by atoms with Gasteiger partial charge in [-0.25, -0.2) is 12.8 Å². The molecule has 0 atom stereocenters. The van der Waals surface area contributed by atoms with E-state index in [1.807, 2.05) is 0 Å². The number of nitriles is 1. The lowest BCUT2D eigenvalue weighted by atomic mass is 10.2. The van der Waals surface area contributed by atoms with Crippen LogP contribution >= 0.6 is 15.9 Å². The quantitative estimate of drug-likeness (QED) is 0.812. The standard InChI is InChI=1S/C13H9BrFN3O2S/c14-11-6-10(2-4-13(11)17)21(19,20)18-9-1-3-12(15)8(5-9)7-16/h1-6,18H,17H2. The second-order valence-electron chi connectivity index (χ2n) is 4.10. The molecule has 0 amide bonds. The lowest BCUT2D eigenvalue weighted by molar-refractivity contribution is 0.601. The maximum absolute atomic E-state index is 13.2. The number of nitrogens with one attached hydrogen (secondary N) is 1. The molecule has 0 heterocycles. The number of nitrogen functional groups attached to an aromatic ring is 1. The summed E-state index contributed by atoms with van der Waals surface area (Å²) in [5.41, 5.74) is 5.86. The second kappa shape index (κ2) is 5.71. The van der Waals surface area contributed by atoms with Crippen molar-refractivity contribution in [2.75, 3.05) is 10.5 Å². The maximum Gasteiger partial charge on any atom is 0.261 e. The zero-order valence-electron chi connectivity index (χ0n) is 10.5. The van der Waals surface area contributed by atoms with Gasteiger partial charge in [-0.15, -0.1) is 0 Å². The van der Waals surface area contributed by atoms with Crippen molar-refractivity contribution in [3.8, 4) is 6.07 Å². The van der Waals surface area contributed by atoms with Gasteiger partial charge in [0.15, 0.2) is 0 Å². The largest absolute Gasteiger partial charge is 0.398 e. The van der Waals surface area contributed by atoms with Crippen molar-refractivity contribution in [2.24, 2.45) is 0 Å². The number of sulfonamides is 1. The van der Waals surface area contributed by atoms with E-state index in [0.29, 0.717) is 10.2 Å². The summed E-state index contributed by atoms with van der Waals surface area (Å²) in [6.45, 7) is 0. The van der Waals surface area contributed by atoms with Crippen LogP contribution < -0.4 is 10.5 Å². The molecule has 0 aliphatic heterocycles. The van der Waals surface area contributed by atoms with Gasteiger partial charge in [-0.1, -0.05) is 0 Å². The van der Waals surface area contributed by atoms with Crippen LogP contribution in [0, 0.1) is 17.1 Å². The molecule has 5 nitrogen and oxygen atoms in total. The molecule has 108 valence electrons. The van der Waals surface area contributed by atoms with E-state index >= 15 is 0 Å². The highest BCUT2D eigenvalue weighted by atomic mass is 79.9. The fraction of sp³-hybridized carbons (Fsp3) is 0. The molecule has 2 aromatic rings. The molecule has 8 heteroatoms. The van der Waals surface area contributed by atoms with Crippen LogP contribution in [-0.2, 0) is 10.0 Å². The summed E-state index contributed by atoms with van der Waals surface area (Å²) in [6, 6.07) is 9.17. The number of hydrogen-bond acceptors (Lipinski definition) is 4. The van der Waals surface area contributed by atoms with E-state index in [1.165, 1.54) is 24.3 Å². The number of hydrogen-bond donors (Lipinski definition) is 2. The summed E-state index contributed by atoms with van der Waals surface area (Å²) in [5.74, 6) is -0.712. The molecule has 2 rings (SSSR count). The first kappa shape index (κ1) is 15.3. The highest BCUT2D eigenvalue weighted by molar-refractivity contribution is 9.10. The van der Waals surface area contributed by atoms with Gasteiger partial charge in [-0.2, -0.15) is 5.26 Å². The Bertz CT molecular complexity index is 847. The summed E-state index contributed by atoms with van der Waals surface area (Å²) >= 11 is 3.15. The smallest absolute Gasteiger partial charge is 0.261 e. The third-order valence-electron chi connectivity index (χ3n) is 2.62. The summed E-state index contributed by atoms with van der Waals surface area (Å²) < 4.78 is 40.3. The molecule has 3 N–H and O–H groups in total. The molecule has 0 fully saturated rings. The van der Waals surface area contributed by atoms with E-state index < -0.39 is 15.8 Å². The predicted molar refractivity (Wildman–Crippen MR) is 80.5 cm³/mol. The minimum atomic E-state index is -3.86. The molecule has 0 unspecified atom stereocenters. The molecule has 2 aromatic carbocycles. The van der Waals surface area contributed by atoms with E-state index in [2.05, 4.69) is 20.7 Å². The second-order valence-corrected chi connectivity index (χ2v) is 6.63. The van der Waals surface area contributed by atoms with Gasteiger partial charge in [0.2, 0.25) is 0 Å². The zero-order valence-corrected chi connectivity index (χ0v) is 12.9. The van der Waals surface area contributed by atoms with Crippen molar-refractivity contribution in [3.05, 3.63) is 52.3 Å². The van der Waals surface area contributed by atoms with Crippen LogP contribution in [-0.4, -0.2) is 8.42 Å². The fourth-order valence-electron chi connectivity index (χ4n) is 1.56. The summed E-state index contributed by atoms with van der Waals surface area (Å²) in [6.07, 6.45) is 0. The fourth-order valence-corrected chi connectivity index (χ4v) is 3.17. The first-order valence-corrected chi connectivity index (χ1v) is 7.88. The van der Waals surface area contributed by atoms with Crippen molar-refractivity contribution in [1.29, 1.82) is 5.26 Å². The Balaban J connectivity index is 2.37. The first-order chi connectivity index (χ1) is 9.83. The van der Waals surface area contributed by atoms with Gasteiger partial charge in [-0.05, 0) is 52.3 Å². The molecule has 0 spiro atoms. The Morgan fingerprint density at radius 1 is 1.24 bits per heavy atom. The van der Waals surface area contributed by atoms with E-state index in [-0.39, 0.29) is 16.1 Å². The van der Waals surface area contributed by atoms with E-state index in [9.17, 15) is 12.8 Å². The highest BCUT2D eigenvalue weighted by Crippen LogP contribution is 2.25. The van der Waals surface area contributed by atoms with Gasteiger partial charge in [0.05, 0.1) is 16.1 Å². The van der Waals surface area contributed by atoms with Gasteiger partial charge in [0, 0.05) is 10.2 Å². The first-order valence-electron chi connectivity index (χ1n) is 5.61. The SMILES string of the molecule is N#Cc1cc(NS(=O)(=O)c2ccc(N)c(Br)c2)ccc1F. The molecule has 0 aliphatic carbocycles. The Morgan fingerprint density at radius 2 is 1.95 bits per heavy atom. The van der Waals surface area contributed by atoms with Crippen molar-refractivity contribution in [3.63, 3.8) is 0 Å². The van der Waals surface area contributed by atoms with Gasteiger partial charge in [-0.3, -0.25) is 4.72 Å². The Hall–Kier alpha value is -2.11. The molecule has 0 saturated carbocycles. The zero-order chi connectivity index (χ0) is 15.6. The van der Waals surface area contributed by atoms with Crippen LogP contribution in [0.15, 0.2) is 45.8 Å². The lowest BCUT2D eigenvalue weighted by Gasteiger charge is -2.09. The summed E-state index contributed by atoms with van der Waals surface area (Å²) in [7, 11) is -3.86. The van der Waals surface area contributed by atoms with Crippen molar-refractivity contribution >= 4 is 37.3 Å².